The molecule has 6 heteroatoms. The zero-order chi connectivity index (χ0) is 20.2. The molecule has 0 N–H and O–H groups in total. The van der Waals surface area contributed by atoms with Crippen LogP contribution in [-0.4, -0.2) is 18.9 Å². The highest BCUT2D eigenvalue weighted by Gasteiger charge is 2.27. The molecular formula is C23H16O5S. The summed E-state index contributed by atoms with van der Waals surface area (Å²) in [6, 6.07) is 15.8. The lowest BCUT2D eigenvalue weighted by atomic mass is 10.1. The molecule has 4 rings (SSSR count). The van der Waals surface area contributed by atoms with Crippen LogP contribution in [0.3, 0.4) is 0 Å². The molecule has 144 valence electrons. The molecule has 0 fully saturated rings. The van der Waals surface area contributed by atoms with Gasteiger partial charge in [0.05, 0.1) is 12.7 Å². The minimum absolute atomic E-state index is 0.202. The van der Waals surface area contributed by atoms with Gasteiger partial charge in [0, 0.05) is 11.6 Å². The van der Waals surface area contributed by atoms with Gasteiger partial charge in [0.25, 0.3) is 0 Å². The fraction of sp³-hybridized carbons (Fsp3) is 0.0435. The molecule has 0 saturated heterocycles. The maximum Gasteiger partial charge on any atom is 0.353 e. The standard InChI is InChI=1S/C23H16O5S/c1-26-18-8-3-2-6-15(18)7-4-9-19-22(24)17-12-11-16(14-20(17)28-19)27-23(25)21-10-5-13-29-21/h2-14H,1H3. The molecule has 1 aromatic heterocycles. The van der Waals surface area contributed by atoms with E-state index in [0.717, 1.165) is 11.3 Å². The molecule has 5 nitrogen and oxygen atoms in total. The molecule has 0 amide bonds. The number of methoxy groups -OCH3 is 1. The van der Waals surface area contributed by atoms with Gasteiger partial charge in [-0.1, -0.05) is 36.4 Å². The van der Waals surface area contributed by atoms with E-state index in [9.17, 15) is 9.59 Å². The second-order valence-electron chi connectivity index (χ2n) is 6.09. The number of thiophene rings is 1. The fourth-order valence-corrected chi connectivity index (χ4v) is 3.44. The molecule has 29 heavy (non-hydrogen) atoms. The molecule has 2 heterocycles. The lowest BCUT2D eigenvalue weighted by Crippen LogP contribution is -2.06. The van der Waals surface area contributed by atoms with E-state index in [1.165, 1.54) is 11.3 Å². The summed E-state index contributed by atoms with van der Waals surface area (Å²) in [4.78, 5) is 25.1. The third kappa shape index (κ3) is 3.97. The van der Waals surface area contributed by atoms with Crippen LogP contribution < -0.4 is 14.2 Å². The number of benzene rings is 2. The van der Waals surface area contributed by atoms with Crippen molar-refractivity contribution in [1.29, 1.82) is 0 Å². The summed E-state index contributed by atoms with van der Waals surface area (Å²) in [6.45, 7) is 0. The van der Waals surface area contributed by atoms with Gasteiger partial charge in [-0.2, -0.15) is 0 Å². The summed E-state index contributed by atoms with van der Waals surface area (Å²) < 4.78 is 16.3. The predicted molar refractivity (Wildman–Crippen MR) is 111 cm³/mol. The summed E-state index contributed by atoms with van der Waals surface area (Å²) in [5, 5.41) is 1.80. The van der Waals surface area contributed by atoms with Crippen molar-refractivity contribution in [1.82, 2.24) is 0 Å². The molecule has 0 aliphatic carbocycles. The highest BCUT2D eigenvalue weighted by molar-refractivity contribution is 7.12. The normalized spacial score (nSPS) is 14.1. The van der Waals surface area contributed by atoms with Gasteiger partial charge >= 0.3 is 5.97 Å². The van der Waals surface area contributed by atoms with E-state index in [0.29, 0.717) is 21.9 Å². The third-order valence-electron chi connectivity index (χ3n) is 4.24. The molecule has 1 aliphatic rings. The predicted octanol–water partition coefficient (Wildman–Crippen LogP) is 5.15. The molecule has 0 unspecified atom stereocenters. The van der Waals surface area contributed by atoms with E-state index in [2.05, 4.69) is 0 Å². The summed E-state index contributed by atoms with van der Waals surface area (Å²) in [5.74, 6) is 0.957. The van der Waals surface area contributed by atoms with Crippen LogP contribution in [0, 0.1) is 0 Å². The van der Waals surface area contributed by atoms with Gasteiger partial charge < -0.3 is 14.2 Å². The Balaban J connectivity index is 1.50. The Labute approximate surface area is 171 Å². The third-order valence-corrected chi connectivity index (χ3v) is 5.09. The summed E-state index contributed by atoms with van der Waals surface area (Å²) in [7, 11) is 1.61. The first-order valence-corrected chi connectivity index (χ1v) is 9.67. The van der Waals surface area contributed by atoms with E-state index in [4.69, 9.17) is 14.2 Å². The van der Waals surface area contributed by atoms with Crippen molar-refractivity contribution >= 4 is 29.2 Å². The number of carbonyl (C=O) groups excluding carboxylic acids is 2. The number of ketones is 1. The zero-order valence-corrected chi connectivity index (χ0v) is 16.3. The quantitative estimate of drug-likeness (QED) is 0.334. The molecule has 2 aromatic carbocycles. The largest absolute Gasteiger partial charge is 0.496 e. The molecule has 0 saturated carbocycles. The molecule has 3 aromatic rings. The van der Waals surface area contributed by atoms with Crippen LogP contribution in [0.4, 0.5) is 0 Å². The maximum absolute atomic E-state index is 12.5. The Morgan fingerprint density at radius 3 is 2.76 bits per heavy atom. The maximum atomic E-state index is 12.5. The Kier molecular flexibility index (Phi) is 5.27. The summed E-state index contributed by atoms with van der Waals surface area (Å²) in [5.41, 5.74) is 1.32. The topological polar surface area (TPSA) is 61.8 Å². The van der Waals surface area contributed by atoms with E-state index < -0.39 is 5.97 Å². The van der Waals surface area contributed by atoms with Gasteiger partial charge in [-0.25, -0.2) is 4.79 Å². The van der Waals surface area contributed by atoms with Crippen LogP contribution in [0.15, 0.2) is 77.9 Å². The van der Waals surface area contributed by atoms with Crippen LogP contribution in [-0.2, 0) is 0 Å². The lowest BCUT2D eigenvalue weighted by Gasteiger charge is -2.04. The monoisotopic (exact) mass is 404 g/mol. The minimum atomic E-state index is -0.445. The van der Waals surface area contributed by atoms with Crippen LogP contribution in [0.2, 0.25) is 0 Å². The Bertz CT molecular complexity index is 1130. The fourth-order valence-electron chi connectivity index (χ4n) is 2.84. The first kappa shape index (κ1) is 18.7. The Morgan fingerprint density at radius 2 is 1.97 bits per heavy atom. The van der Waals surface area contributed by atoms with Crippen molar-refractivity contribution in [2.45, 2.75) is 0 Å². The number of rotatable bonds is 5. The lowest BCUT2D eigenvalue weighted by molar-refractivity contribution is 0.0739. The molecular weight excluding hydrogens is 388 g/mol. The van der Waals surface area contributed by atoms with Crippen molar-refractivity contribution in [3.8, 4) is 17.2 Å². The summed E-state index contributed by atoms with van der Waals surface area (Å²) >= 11 is 1.30. The number of esters is 1. The molecule has 0 spiro atoms. The van der Waals surface area contributed by atoms with Crippen molar-refractivity contribution in [3.05, 3.63) is 93.9 Å². The molecule has 1 aliphatic heterocycles. The highest BCUT2D eigenvalue weighted by Crippen LogP contribution is 2.34. The van der Waals surface area contributed by atoms with Crippen LogP contribution in [0.1, 0.15) is 25.6 Å². The number of fused-ring (bicyclic) bond motifs is 1. The van der Waals surface area contributed by atoms with E-state index in [1.54, 1.807) is 55.0 Å². The Hall–Kier alpha value is -3.64. The van der Waals surface area contributed by atoms with E-state index in [1.807, 2.05) is 30.3 Å². The van der Waals surface area contributed by atoms with Gasteiger partial charge in [-0.05, 0) is 35.7 Å². The average molecular weight is 404 g/mol. The van der Waals surface area contributed by atoms with E-state index >= 15 is 0 Å². The number of Topliss-reactive ketones (excluding diaryl/α,β-unsaturated/α-hetero) is 1. The average Bonchev–Trinajstić information content (AvgIpc) is 3.37. The van der Waals surface area contributed by atoms with Crippen LogP contribution in [0.25, 0.3) is 6.08 Å². The SMILES string of the molecule is COc1ccccc1C=CC=C1Oc2cc(OC(=O)c3cccs3)ccc2C1=O. The number of ether oxygens (including phenoxy) is 3. The van der Waals surface area contributed by atoms with Crippen molar-refractivity contribution in [2.75, 3.05) is 7.11 Å². The van der Waals surface area contributed by atoms with Crippen molar-refractivity contribution in [2.24, 2.45) is 0 Å². The zero-order valence-electron chi connectivity index (χ0n) is 15.5. The number of hydrogen-bond donors (Lipinski definition) is 0. The van der Waals surface area contributed by atoms with Crippen molar-refractivity contribution in [3.63, 3.8) is 0 Å². The van der Waals surface area contributed by atoms with Crippen LogP contribution in [0.5, 0.6) is 17.2 Å². The second kappa shape index (κ2) is 8.16. The molecule has 0 atom stereocenters. The molecule has 0 bridgehead atoms. The highest BCUT2D eigenvalue weighted by atomic mass is 32.1. The van der Waals surface area contributed by atoms with Crippen LogP contribution >= 0.6 is 11.3 Å². The minimum Gasteiger partial charge on any atom is -0.496 e. The first-order valence-electron chi connectivity index (χ1n) is 8.79. The number of para-hydroxylation sites is 1. The van der Waals surface area contributed by atoms with E-state index in [-0.39, 0.29) is 11.5 Å². The smallest absolute Gasteiger partial charge is 0.353 e. The van der Waals surface area contributed by atoms with Crippen molar-refractivity contribution < 1.29 is 23.8 Å². The second-order valence-corrected chi connectivity index (χ2v) is 7.04. The first-order chi connectivity index (χ1) is 14.2. The number of hydrogen-bond acceptors (Lipinski definition) is 6. The van der Waals surface area contributed by atoms with Gasteiger partial charge in [-0.15, -0.1) is 11.3 Å². The van der Waals surface area contributed by atoms with Gasteiger partial charge in [0.15, 0.2) is 5.76 Å². The summed E-state index contributed by atoms with van der Waals surface area (Å²) in [6.07, 6.45) is 5.17. The Morgan fingerprint density at radius 1 is 1.10 bits per heavy atom. The number of carbonyl (C=O) groups is 2. The number of allylic oxidation sites excluding steroid dienone is 3. The van der Waals surface area contributed by atoms with Gasteiger partial charge in [-0.3, -0.25) is 4.79 Å². The van der Waals surface area contributed by atoms with Gasteiger partial charge in [0.1, 0.15) is 22.1 Å². The van der Waals surface area contributed by atoms with Gasteiger partial charge in [0.2, 0.25) is 5.78 Å². The molecule has 0 radical (unpaired) electrons.